The lowest BCUT2D eigenvalue weighted by molar-refractivity contribution is 0.0207. The van der Waals surface area contributed by atoms with E-state index in [0.29, 0.717) is 12.7 Å². The third-order valence-electron chi connectivity index (χ3n) is 4.21. The lowest BCUT2D eigenvalue weighted by Crippen LogP contribution is -2.43. The fourth-order valence-corrected chi connectivity index (χ4v) is 3.01. The van der Waals surface area contributed by atoms with Gasteiger partial charge in [-0.3, -0.25) is 0 Å². The molecule has 1 aliphatic heterocycles. The minimum absolute atomic E-state index is 0.417. The standard InChI is InChI=1S/C15H24NO/c1-3-12-17-15-6-4-14(5-7-15)16-10-8-13(2)9-11-16/h1,14-15H,4-12H2,2H3/t14-,15-. The number of ether oxygens (including phenoxy) is 1. The maximum absolute atomic E-state index is 5.63. The van der Waals surface area contributed by atoms with Gasteiger partial charge in [0.1, 0.15) is 6.61 Å². The Labute approximate surface area is 106 Å². The van der Waals surface area contributed by atoms with Crippen LogP contribution >= 0.6 is 0 Å². The molecule has 2 aliphatic rings. The highest BCUT2D eigenvalue weighted by atomic mass is 16.5. The number of hydrogen-bond donors (Lipinski definition) is 0. The quantitative estimate of drug-likeness (QED) is 0.696. The van der Waals surface area contributed by atoms with Crippen LogP contribution < -0.4 is 0 Å². The Bertz CT molecular complexity index is 255. The first-order chi connectivity index (χ1) is 8.29. The van der Waals surface area contributed by atoms with E-state index in [9.17, 15) is 0 Å². The molecular weight excluding hydrogens is 210 g/mol. The molecule has 95 valence electrons. The zero-order valence-corrected chi connectivity index (χ0v) is 11.0. The topological polar surface area (TPSA) is 12.5 Å². The molecule has 1 heterocycles. The molecule has 1 saturated carbocycles. The van der Waals surface area contributed by atoms with E-state index in [-0.39, 0.29) is 0 Å². The van der Waals surface area contributed by atoms with Crippen molar-refractivity contribution in [3.63, 3.8) is 0 Å². The first-order valence-electron chi connectivity index (χ1n) is 6.90. The summed E-state index contributed by atoms with van der Waals surface area (Å²) in [4.78, 5) is 2.68. The highest BCUT2D eigenvalue weighted by Crippen LogP contribution is 2.28. The second-order valence-corrected chi connectivity index (χ2v) is 5.44. The number of rotatable bonds is 3. The molecule has 0 N–H and O–H groups in total. The summed E-state index contributed by atoms with van der Waals surface area (Å²) in [7, 11) is 0. The third-order valence-corrected chi connectivity index (χ3v) is 4.21. The van der Waals surface area contributed by atoms with Crippen LogP contribution in [0, 0.1) is 18.3 Å². The van der Waals surface area contributed by atoms with Crippen LogP contribution in [0.4, 0.5) is 0 Å². The van der Waals surface area contributed by atoms with Gasteiger partial charge in [-0.2, -0.15) is 0 Å². The smallest absolute Gasteiger partial charge is 0.107 e. The van der Waals surface area contributed by atoms with Crippen LogP contribution in [0.1, 0.15) is 45.4 Å². The van der Waals surface area contributed by atoms with Gasteiger partial charge in [-0.1, -0.05) is 12.8 Å². The minimum Gasteiger partial charge on any atom is -0.366 e. The fraction of sp³-hybridized carbons (Fsp3) is 0.800. The predicted octanol–water partition coefficient (Wildman–Crippen LogP) is 2.64. The zero-order valence-electron chi connectivity index (χ0n) is 11.0. The van der Waals surface area contributed by atoms with Gasteiger partial charge in [0.05, 0.1) is 6.10 Å². The van der Waals surface area contributed by atoms with Crippen LogP contribution in [-0.4, -0.2) is 36.7 Å². The van der Waals surface area contributed by atoms with Crippen LogP contribution in [0.3, 0.4) is 0 Å². The molecule has 17 heavy (non-hydrogen) atoms. The minimum atomic E-state index is 0.417. The number of likely N-dealkylation sites (tertiary alicyclic amines) is 1. The molecule has 0 amide bonds. The van der Waals surface area contributed by atoms with E-state index >= 15 is 0 Å². The van der Waals surface area contributed by atoms with Gasteiger partial charge in [-0.15, -0.1) is 6.42 Å². The van der Waals surface area contributed by atoms with E-state index in [1.807, 2.05) is 0 Å². The highest BCUT2D eigenvalue weighted by molar-refractivity contribution is 4.93. The normalized spacial score (nSPS) is 32.2. The molecule has 1 aliphatic carbocycles. The van der Waals surface area contributed by atoms with E-state index in [1.165, 1.54) is 51.6 Å². The van der Waals surface area contributed by atoms with Crippen molar-refractivity contribution in [2.45, 2.75) is 57.6 Å². The van der Waals surface area contributed by atoms with E-state index < -0.39 is 0 Å². The lowest BCUT2D eigenvalue weighted by atomic mass is 9.89. The van der Waals surface area contributed by atoms with Gasteiger partial charge in [0.25, 0.3) is 0 Å². The van der Waals surface area contributed by atoms with E-state index in [1.54, 1.807) is 5.92 Å². The molecule has 0 bridgehead atoms. The number of nitrogens with zero attached hydrogens (tertiary/aromatic N) is 1. The molecule has 1 saturated heterocycles. The third kappa shape index (κ3) is 3.72. The van der Waals surface area contributed by atoms with E-state index in [4.69, 9.17) is 11.2 Å². The summed E-state index contributed by atoms with van der Waals surface area (Å²) in [6.45, 7) is 5.31. The van der Waals surface area contributed by atoms with Crippen LogP contribution in [0.25, 0.3) is 0 Å². The summed E-state index contributed by atoms with van der Waals surface area (Å²) in [5.41, 5.74) is 0. The summed E-state index contributed by atoms with van der Waals surface area (Å²) in [5.74, 6) is 4.23. The fourth-order valence-electron chi connectivity index (χ4n) is 3.01. The summed E-state index contributed by atoms with van der Waals surface area (Å²) in [6, 6.07) is 0.800. The van der Waals surface area contributed by atoms with Gasteiger partial charge < -0.3 is 9.64 Å². The summed E-state index contributed by atoms with van der Waals surface area (Å²) in [5, 5.41) is 0. The molecule has 2 heteroatoms. The van der Waals surface area contributed by atoms with Crippen molar-refractivity contribution in [3.8, 4) is 12.3 Å². The Balaban J connectivity index is 1.70. The molecule has 2 rings (SSSR count). The monoisotopic (exact) mass is 234 g/mol. The number of piperidine rings is 1. The molecule has 0 aromatic heterocycles. The first-order valence-corrected chi connectivity index (χ1v) is 6.90. The van der Waals surface area contributed by atoms with Crippen LogP contribution in [0.15, 0.2) is 0 Å². The van der Waals surface area contributed by atoms with Crippen molar-refractivity contribution in [2.75, 3.05) is 19.7 Å². The van der Waals surface area contributed by atoms with E-state index in [2.05, 4.69) is 17.7 Å². The van der Waals surface area contributed by atoms with Crippen molar-refractivity contribution < 1.29 is 4.74 Å². The van der Waals surface area contributed by atoms with Gasteiger partial charge in [0.15, 0.2) is 0 Å². The largest absolute Gasteiger partial charge is 0.366 e. The van der Waals surface area contributed by atoms with Crippen LogP contribution in [0.5, 0.6) is 0 Å². The summed E-state index contributed by atoms with van der Waals surface area (Å²) in [6.07, 6.45) is 13.2. The van der Waals surface area contributed by atoms with Crippen molar-refractivity contribution in [3.05, 3.63) is 5.92 Å². The molecular formula is C15H24NO. The van der Waals surface area contributed by atoms with Crippen LogP contribution in [-0.2, 0) is 4.74 Å². The average molecular weight is 234 g/mol. The summed E-state index contributed by atoms with van der Waals surface area (Å²) < 4.78 is 5.63. The van der Waals surface area contributed by atoms with Gasteiger partial charge in [-0.25, -0.2) is 0 Å². The van der Waals surface area contributed by atoms with Crippen molar-refractivity contribution >= 4 is 0 Å². The highest BCUT2D eigenvalue weighted by Gasteiger charge is 2.28. The van der Waals surface area contributed by atoms with Crippen LogP contribution in [0.2, 0.25) is 0 Å². The zero-order chi connectivity index (χ0) is 12.1. The van der Waals surface area contributed by atoms with Gasteiger partial charge in [0, 0.05) is 6.04 Å². The molecule has 0 atom stereocenters. The average Bonchev–Trinajstić information content (AvgIpc) is 2.38. The predicted molar refractivity (Wildman–Crippen MR) is 70.6 cm³/mol. The molecule has 0 unspecified atom stereocenters. The second kappa shape index (κ2) is 6.42. The van der Waals surface area contributed by atoms with E-state index in [0.717, 1.165) is 6.04 Å². The molecule has 0 aromatic carbocycles. The maximum atomic E-state index is 5.63. The van der Waals surface area contributed by atoms with Crippen molar-refractivity contribution in [2.24, 2.45) is 0 Å². The molecule has 1 radical (unpaired) electrons. The Hall–Kier alpha value is -0.520. The summed E-state index contributed by atoms with van der Waals surface area (Å²) >= 11 is 0. The lowest BCUT2D eigenvalue weighted by Gasteiger charge is -2.40. The Morgan fingerprint density at radius 3 is 2.47 bits per heavy atom. The number of hydrogen-bond acceptors (Lipinski definition) is 2. The second-order valence-electron chi connectivity index (χ2n) is 5.44. The SMILES string of the molecule is C#CCO[C@H]1CC[C@H](N2CC[C](C)CC2)CC1. The molecule has 0 spiro atoms. The Morgan fingerprint density at radius 1 is 1.24 bits per heavy atom. The maximum Gasteiger partial charge on any atom is 0.107 e. The Morgan fingerprint density at radius 2 is 1.88 bits per heavy atom. The van der Waals surface area contributed by atoms with Gasteiger partial charge in [0.2, 0.25) is 0 Å². The van der Waals surface area contributed by atoms with Crippen molar-refractivity contribution in [1.82, 2.24) is 4.90 Å². The molecule has 2 nitrogen and oxygen atoms in total. The molecule has 2 fully saturated rings. The first kappa shape index (κ1) is 12.9. The molecule has 0 aromatic rings. The Kier molecular flexibility index (Phi) is 4.88. The van der Waals surface area contributed by atoms with Gasteiger partial charge in [-0.05, 0) is 57.5 Å². The van der Waals surface area contributed by atoms with Gasteiger partial charge >= 0.3 is 0 Å². The number of terminal acetylenes is 1. The van der Waals surface area contributed by atoms with Crippen molar-refractivity contribution in [1.29, 1.82) is 0 Å².